The van der Waals surface area contributed by atoms with Crippen LogP contribution in [0.3, 0.4) is 0 Å². The van der Waals surface area contributed by atoms with Gasteiger partial charge in [-0.25, -0.2) is 13.1 Å². The van der Waals surface area contributed by atoms with Gasteiger partial charge in [0.15, 0.2) is 0 Å². The highest BCUT2D eigenvalue weighted by Gasteiger charge is 2.33. The predicted octanol–water partition coefficient (Wildman–Crippen LogP) is 1.96. The molecule has 1 aliphatic heterocycles. The summed E-state index contributed by atoms with van der Waals surface area (Å²) in [5.74, 6) is 0. The van der Waals surface area contributed by atoms with E-state index in [1.807, 2.05) is 13.0 Å². The van der Waals surface area contributed by atoms with Crippen LogP contribution < -0.4 is 4.72 Å². The second-order valence-corrected chi connectivity index (χ2v) is 8.76. The highest BCUT2D eigenvalue weighted by atomic mass is 32.2. The Morgan fingerprint density at radius 1 is 1.21 bits per heavy atom. The van der Waals surface area contributed by atoms with Crippen molar-refractivity contribution >= 4 is 21.4 Å². The third-order valence-corrected chi connectivity index (χ3v) is 6.91. The van der Waals surface area contributed by atoms with Crippen LogP contribution in [0.25, 0.3) is 0 Å². The Bertz CT molecular complexity index is 541. The van der Waals surface area contributed by atoms with Gasteiger partial charge in [0.25, 0.3) is 0 Å². The molecule has 1 saturated carbocycles. The van der Waals surface area contributed by atoms with Crippen molar-refractivity contribution in [2.24, 2.45) is 0 Å². The van der Waals surface area contributed by atoms with Crippen molar-refractivity contribution in [1.82, 2.24) is 9.62 Å². The highest BCUT2D eigenvalue weighted by Crippen LogP contribution is 2.29. The van der Waals surface area contributed by atoms with Crippen LogP contribution in [0.1, 0.15) is 30.6 Å². The maximum Gasteiger partial charge on any atom is 0.250 e. The number of hydrogen-bond donors (Lipinski definition) is 1. The van der Waals surface area contributed by atoms with Crippen molar-refractivity contribution in [3.63, 3.8) is 0 Å². The summed E-state index contributed by atoms with van der Waals surface area (Å²) in [5.41, 5.74) is 0. The van der Waals surface area contributed by atoms with Crippen LogP contribution in [0.4, 0.5) is 0 Å². The second kappa shape index (κ2) is 5.16. The number of sulfonamides is 1. The molecule has 106 valence electrons. The number of thiophene rings is 1. The molecule has 2 fully saturated rings. The van der Waals surface area contributed by atoms with Gasteiger partial charge in [-0.3, -0.25) is 0 Å². The molecule has 1 aromatic heterocycles. The van der Waals surface area contributed by atoms with Crippen molar-refractivity contribution in [3.8, 4) is 0 Å². The summed E-state index contributed by atoms with van der Waals surface area (Å²) in [5, 5.41) is 0. The van der Waals surface area contributed by atoms with Crippen LogP contribution in [-0.2, 0) is 10.0 Å². The van der Waals surface area contributed by atoms with Crippen molar-refractivity contribution in [3.05, 3.63) is 17.0 Å². The largest absolute Gasteiger partial charge is 0.300 e. The molecule has 4 nitrogen and oxygen atoms in total. The normalized spacial score (nSPS) is 22.8. The minimum absolute atomic E-state index is 0.0995. The van der Waals surface area contributed by atoms with E-state index in [4.69, 9.17) is 0 Å². The Hall–Kier alpha value is -0.430. The fraction of sp³-hybridized carbons (Fsp3) is 0.692. The van der Waals surface area contributed by atoms with E-state index in [2.05, 4.69) is 9.62 Å². The molecule has 2 heterocycles. The van der Waals surface area contributed by atoms with Crippen LogP contribution in [0.15, 0.2) is 16.3 Å². The third-order valence-electron chi connectivity index (χ3n) is 3.90. The van der Waals surface area contributed by atoms with E-state index in [1.54, 1.807) is 6.07 Å². The summed E-state index contributed by atoms with van der Waals surface area (Å²) in [6.45, 7) is 3.99. The van der Waals surface area contributed by atoms with Gasteiger partial charge in [-0.15, -0.1) is 11.3 Å². The first-order valence-electron chi connectivity index (χ1n) is 6.87. The van der Waals surface area contributed by atoms with E-state index in [1.165, 1.54) is 24.2 Å². The summed E-state index contributed by atoms with van der Waals surface area (Å²) in [6.07, 6.45) is 4.51. The van der Waals surface area contributed by atoms with Gasteiger partial charge in [-0.2, -0.15) is 0 Å². The van der Waals surface area contributed by atoms with Gasteiger partial charge in [0.1, 0.15) is 4.21 Å². The van der Waals surface area contributed by atoms with Gasteiger partial charge < -0.3 is 4.90 Å². The molecule has 1 aromatic rings. The van der Waals surface area contributed by atoms with Gasteiger partial charge in [0.2, 0.25) is 10.0 Å². The quantitative estimate of drug-likeness (QED) is 0.925. The Balaban J connectivity index is 1.59. The lowest BCUT2D eigenvalue weighted by molar-refractivity contribution is 0.199. The molecular weight excluding hydrogens is 280 g/mol. The molecule has 0 amide bonds. The Morgan fingerprint density at radius 3 is 2.42 bits per heavy atom. The van der Waals surface area contributed by atoms with Crippen LogP contribution >= 0.6 is 11.3 Å². The number of nitrogens with zero attached hydrogens (tertiary/aromatic N) is 1. The monoisotopic (exact) mass is 300 g/mol. The summed E-state index contributed by atoms with van der Waals surface area (Å²) in [4.78, 5) is 3.53. The van der Waals surface area contributed by atoms with Crippen LogP contribution in [-0.4, -0.2) is 38.5 Å². The zero-order valence-electron chi connectivity index (χ0n) is 11.1. The predicted molar refractivity (Wildman–Crippen MR) is 77.0 cm³/mol. The first-order valence-corrected chi connectivity index (χ1v) is 9.17. The van der Waals surface area contributed by atoms with Crippen molar-refractivity contribution in [2.75, 3.05) is 13.1 Å². The van der Waals surface area contributed by atoms with E-state index in [-0.39, 0.29) is 6.04 Å². The minimum Gasteiger partial charge on any atom is -0.300 e. The fourth-order valence-electron chi connectivity index (χ4n) is 2.66. The minimum atomic E-state index is -3.31. The van der Waals surface area contributed by atoms with E-state index in [0.29, 0.717) is 4.21 Å². The molecule has 0 bridgehead atoms. The van der Waals surface area contributed by atoms with Crippen molar-refractivity contribution in [2.45, 2.75) is 48.9 Å². The number of likely N-dealkylation sites (tertiary alicyclic amines) is 1. The van der Waals surface area contributed by atoms with E-state index < -0.39 is 10.0 Å². The topological polar surface area (TPSA) is 49.4 Å². The Morgan fingerprint density at radius 2 is 1.89 bits per heavy atom. The third kappa shape index (κ3) is 3.18. The van der Waals surface area contributed by atoms with Gasteiger partial charge in [0, 0.05) is 17.0 Å². The van der Waals surface area contributed by atoms with Crippen LogP contribution in [0.2, 0.25) is 0 Å². The van der Waals surface area contributed by atoms with Crippen LogP contribution in [0, 0.1) is 6.92 Å². The molecule has 2 aliphatic rings. The first-order chi connectivity index (χ1) is 9.04. The van der Waals surface area contributed by atoms with Gasteiger partial charge >= 0.3 is 0 Å². The number of piperidine rings is 1. The van der Waals surface area contributed by atoms with Crippen LogP contribution in [0.5, 0.6) is 0 Å². The Kier molecular flexibility index (Phi) is 3.68. The number of aryl methyl sites for hydroxylation is 1. The summed E-state index contributed by atoms with van der Waals surface area (Å²) < 4.78 is 27.8. The van der Waals surface area contributed by atoms with Gasteiger partial charge in [-0.05, 0) is 57.8 Å². The molecule has 0 radical (unpaired) electrons. The van der Waals surface area contributed by atoms with E-state index in [0.717, 1.165) is 36.9 Å². The standard InChI is InChI=1S/C13H20N2O2S2/c1-10-2-5-13(18-10)19(16,17)14-11-6-8-15(9-7-11)12-3-4-12/h2,5,11-12,14H,3-4,6-9H2,1H3. The molecule has 0 atom stereocenters. The maximum absolute atomic E-state index is 12.2. The van der Waals surface area contributed by atoms with Gasteiger partial charge in [-0.1, -0.05) is 0 Å². The maximum atomic E-state index is 12.2. The molecule has 1 N–H and O–H groups in total. The zero-order chi connectivity index (χ0) is 13.5. The summed E-state index contributed by atoms with van der Waals surface area (Å²) in [6, 6.07) is 4.44. The zero-order valence-corrected chi connectivity index (χ0v) is 12.8. The molecule has 0 aromatic carbocycles. The number of rotatable bonds is 4. The molecule has 1 aliphatic carbocycles. The molecule has 0 spiro atoms. The second-order valence-electron chi connectivity index (χ2n) is 5.53. The molecule has 19 heavy (non-hydrogen) atoms. The average Bonchev–Trinajstić information content (AvgIpc) is 3.11. The highest BCUT2D eigenvalue weighted by molar-refractivity contribution is 7.91. The molecule has 1 saturated heterocycles. The van der Waals surface area contributed by atoms with E-state index >= 15 is 0 Å². The summed E-state index contributed by atoms with van der Waals surface area (Å²) in [7, 11) is -3.31. The number of hydrogen-bond acceptors (Lipinski definition) is 4. The molecule has 6 heteroatoms. The molecule has 3 rings (SSSR count). The van der Waals surface area contributed by atoms with Crippen molar-refractivity contribution in [1.29, 1.82) is 0 Å². The lowest BCUT2D eigenvalue weighted by Crippen LogP contribution is -2.45. The number of nitrogens with one attached hydrogen (secondary N) is 1. The smallest absolute Gasteiger partial charge is 0.250 e. The molecule has 0 unspecified atom stereocenters. The fourth-order valence-corrected chi connectivity index (χ4v) is 5.26. The molecular formula is C13H20N2O2S2. The van der Waals surface area contributed by atoms with Crippen molar-refractivity contribution < 1.29 is 8.42 Å². The lowest BCUT2D eigenvalue weighted by Gasteiger charge is -2.32. The summed E-state index contributed by atoms with van der Waals surface area (Å²) >= 11 is 1.34. The lowest BCUT2D eigenvalue weighted by atomic mass is 10.1. The van der Waals surface area contributed by atoms with E-state index in [9.17, 15) is 8.42 Å². The first kappa shape index (κ1) is 13.5. The Labute approximate surface area is 118 Å². The van der Waals surface area contributed by atoms with Gasteiger partial charge in [0.05, 0.1) is 0 Å². The average molecular weight is 300 g/mol. The SMILES string of the molecule is Cc1ccc(S(=O)(=O)NC2CCN(C3CC3)CC2)s1.